The zero-order valence-electron chi connectivity index (χ0n) is 18.4. The molecule has 1 aliphatic rings. The molecule has 1 heterocycles. The number of allylic oxidation sites excluding steroid dienone is 1. The number of carbonyl (C=O) groups excluding carboxylic acids is 5. The number of ether oxygens (including phenoxy) is 1. The normalized spacial score (nSPS) is 26.9. The summed E-state index contributed by atoms with van der Waals surface area (Å²) >= 11 is 8.21. The first-order valence-corrected chi connectivity index (χ1v) is 11.6. The second kappa shape index (κ2) is 14.0. The number of hydrogen-bond donors (Lipinski definition) is 6. The summed E-state index contributed by atoms with van der Waals surface area (Å²) in [5, 5.41) is 10.1. The molecule has 4 amide bonds. The van der Waals surface area contributed by atoms with Crippen LogP contribution < -0.4 is 21.3 Å². The van der Waals surface area contributed by atoms with Crippen LogP contribution in [-0.4, -0.2) is 71.9 Å². The maximum Gasteiger partial charge on any atom is 0.326 e. The third-order valence-corrected chi connectivity index (χ3v) is 5.18. The fourth-order valence-corrected chi connectivity index (χ4v) is 3.19. The van der Waals surface area contributed by atoms with E-state index in [-0.39, 0.29) is 18.1 Å². The van der Waals surface area contributed by atoms with Crippen LogP contribution in [0.2, 0.25) is 0 Å². The Morgan fingerprint density at radius 1 is 1.03 bits per heavy atom. The number of amides is 4. The second-order valence-corrected chi connectivity index (χ2v) is 8.47. The SMILES string of the molecule is CC(C)[C@H]1NC(=O)[C@@H](CS)NC(=O)[C@@H](C)NC(=O)C[C@@H](C=CCCS)OC(=O)CNC1=O. The van der Waals surface area contributed by atoms with Crippen LogP contribution in [0.15, 0.2) is 12.2 Å². The third-order valence-electron chi connectivity index (χ3n) is 4.56. The van der Waals surface area contributed by atoms with Gasteiger partial charge in [-0.3, -0.25) is 24.0 Å². The summed E-state index contributed by atoms with van der Waals surface area (Å²) in [5.41, 5.74) is 0. The van der Waals surface area contributed by atoms with Crippen LogP contribution in [0.1, 0.15) is 33.6 Å². The predicted molar refractivity (Wildman–Crippen MR) is 125 cm³/mol. The van der Waals surface area contributed by atoms with E-state index in [1.807, 2.05) is 0 Å². The maximum atomic E-state index is 12.6. The lowest BCUT2D eigenvalue weighted by Gasteiger charge is -2.26. The van der Waals surface area contributed by atoms with Crippen molar-refractivity contribution >= 4 is 54.9 Å². The lowest BCUT2D eigenvalue weighted by Crippen LogP contribution is -2.58. The van der Waals surface area contributed by atoms with Crippen molar-refractivity contribution in [2.24, 2.45) is 5.92 Å². The Morgan fingerprint density at radius 2 is 1.72 bits per heavy atom. The van der Waals surface area contributed by atoms with Crippen molar-refractivity contribution in [3.63, 3.8) is 0 Å². The van der Waals surface area contributed by atoms with Gasteiger partial charge in [0.1, 0.15) is 30.8 Å². The van der Waals surface area contributed by atoms with Gasteiger partial charge in [-0.05, 0) is 31.1 Å². The highest BCUT2D eigenvalue weighted by Crippen LogP contribution is 2.06. The average molecular weight is 489 g/mol. The van der Waals surface area contributed by atoms with Gasteiger partial charge in [-0.2, -0.15) is 25.3 Å². The van der Waals surface area contributed by atoms with E-state index in [9.17, 15) is 24.0 Å². The van der Waals surface area contributed by atoms with Crippen molar-refractivity contribution < 1.29 is 28.7 Å². The monoisotopic (exact) mass is 488 g/mol. The number of cyclic esters (lactones) is 1. The summed E-state index contributed by atoms with van der Waals surface area (Å²) in [6.45, 7) is 4.50. The van der Waals surface area contributed by atoms with Crippen molar-refractivity contribution in [2.75, 3.05) is 18.1 Å². The Balaban J connectivity index is 3.13. The van der Waals surface area contributed by atoms with E-state index >= 15 is 0 Å². The number of carbonyl (C=O) groups is 5. The van der Waals surface area contributed by atoms with Gasteiger partial charge < -0.3 is 26.0 Å². The van der Waals surface area contributed by atoms with E-state index < -0.39 is 60.4 Å². The summed E-state index contributed by atoms with van der Waals surface area (Å²) in [5.74, 6) is -2.78. The molecular formula is C20H32N4O6S2. The molecule has 1 fully saturated rings. The summed E-state index contributed by atoms with van der Waals surface area (Å²) in [4.78, 5) is 62.3. The van der Waals surface area contributed by atoms with Gasteiger partial charge in [-0.1, -0.05) is 19.9 Å². The molecule has 0 aromatic carbocycles. The molecule has 180 valence electrons. The minimum atomic E-state index is -1.02. The van der Waals surface area contributed by atoms with Crippen LogP contribution in [0.5, 0.6) is 0 Å². The smallest absolute Gasteiger partial charge is 0.326 e. The van der Waals surface area contributed by atoms with Crippen LogP contribution in [0.25, 0.3) is 0 Å². The lowest BCUT2D eigenvalue weighted by molar-refractivity contribution is -0.148. The van der Waals surface area contributed by atoms with Crippen molar-refractivity contribution in [3.8, 4) is 0 Å². The topological polar surface area (TPSA) is 143 Å². The fraction of sp³-hybridized carbons (Fsp3) is 0.650. The molecule has 1 aliphatic heterocycles. The molecule has 0 unspecified atom stereocenters. The Bertz CT molecular complexity index is 731. The van der Waals surface area contributed by atoms with Crippen LogP contribution in [-0.2, 0) is 28.7 Å². The Hall–Kier alpha value is -2.21. The van der Waals surface area contributed by atoms with Gasteiger partial charge >= 0.3 is 5.97 Å². The molecule has 0 spiro atoms. The zero-order chi connectivity index (χ0) is 24.3. The molecule has 0 bridgehead atoms. The highest BCUT2D eigenvalue weighted by molar-refractivity contribution is 7.80. The molecule has 12 heteroatoms. The number of thiol groups is 2. The van der Waals surface area contributed by atoms with Crippen LogP contribution in [0, 0.1) is 5.92 Å². The fourth-order valence-electron chi connectivity index (χ4n) is 2.78. The van der Waals surface area contributed by atoms with Crippen LogP contribution in [0.4, 0.5) is 0 Å². The van der Waals surface area contributed by atoms with Crippen molar-refractivity contribution in [2.45, 2.75) is 57.8 Å². The Morgan fingerprint density at radius 3 is 2.31 bits per heavy atom. The standard InChI is InChI=1S/C20H32N4O6S2/c1-11(2)17-20(29)21-9-16(26)30-13(6-4-5-7-31)8-15(25)22-12(3)18(27)23-14(10-32)19(28)24-17/h4,6,11-14,17,31-32H,5,7-10H2,1-3H3,(H,21,29)(H,22,25)(H,23,27)(H,24,28)/t12-,13-,14-,17-/m1/s1. The van der Waals surface area contributed by atoms with E-state index in [4.69, 9.17) is 4.74 Å². The summed E-state index contributed by atoms with van der Waals surface area (Å²) in [6, 6.07) is -2.91. The van der Waals surface area contributed by atoms with Crippen LogP contribution >= 0.6 is 25.3 Å². The first-order valence-electron chi connectivity index (χ1n) is 10.3. The van der Waals surface area contributed by atoms with Gasteiger partial charge in [0, 0.05) is 5.75 Å². The molecule has 0 saturated carbocycles. The molecule has 1 saturated heterocycles. The third kappa shape index (κ3) is 9.51. The average Bonchev–Trinajstić information content (AvgIpc) is 2.72. The van der Waals surface area contributed by atoms with Gasteiger partial charge in [0.2, 0.25) is 23.6 Å². The first-order chi connectivity index (χ1) is 15.1. The second-order valence-electron chi connectivity index (χ2n) is 7.65. The maximum absolute atomic E-state index is 12.6. The highest BCUT2D eigenvalue weighted by Gasteiger charge is 2.30. The number of hydrogen-bond acceptors (Lipinski definition) is 8. The van der Waals surface area contributed by atoms with Gasteiger partial charge in [-0.25, -0.2) is 0 Å². The van der Waals surface area contributed by atoms with E-state index in [0.717, 1.165) is 0 Å². The minimum Gasteiger partial charge on any atom is -0.456 e. The van der Waals surface area contributed by atoms with Crippen LogP contribution in [0.3, 0.4) is 0 Å². The number of nitrogens with one attached hydrogen (secondary N) is 4. The van der Waals surface area contributed by atoms with Gasteiger partial charge in [0.15, 0.2) is 0 Å². The van der Waals surface area contributed by atoms with E-state index in [1.54, 1.807) is 26.0 Å². The molecule has 0 aromatic rings. The van der Waals surface area contributed by atoms with Gasteiger partial charge in [0.25, 0.3) is 0 Å². The summed E-state index contributed by atoms with van der Waals surface area (Å²) in [6.07, 6.45) is 2.80. The predicted octanol–water partition coefficient (Wildman–Crippen LogP) is -0.646. The van der Waals surface area contributed by atoms with Crippen molar-refractivity contribution in [1.82, 2.24) is 21.3 Å². The van der Waals surface area contributed by atoms with Crippen molar-refractivity contribution in [1.29, 1.82) is 0 Å². The zero-order valence-corrected chi connectivity index (χ0v) is 20.2. The summed E-state index contributed by atoms with van der Waals surface area (Å²) in [7, 11) is 0. The molecule has 0 radical (unpaired) electrons. The van der Waals surface area contributed by atoms with Crippen molar-refractivity contribution in [3.05, 3.63) is 12.2 Å². The number of rotatable bonds is 5. The minimum absolute atomic E-state index is 0.0188. The molecular weight excluding hydrogens is 456 g/mol. The molecule has 1 rings (SSSR count). The highest BCUT2D eigenvalue weighted by atomic mass is 32.1. The molecule has 4 N–H and O–H groups in total. The Kier molecular flexibility index (Phi) is 12.2. The van der Waals surface area contributed by atoms with E-state index in [1.165, 1.54) is 6.92 Å². The quantitative estimate of drug-likeness (QED) is 0.173. The first kappa shape index (κ1) is 27.8. The van der Waals surface area contributed by atoms with Gasteiger partial charge in [0.05, 0.1) is 6.42 Å². The molecule has 10 nitrogen and oxygen atoms in total. The van der Waals surface area contributed by atoms with E-state index in [2.05, 4.69) is 46.5 Å². The van der Waals surface area contributed by atoms with E-state index in [0.29, 0.717) is 12.2 Å². The molecule has 0 aliphatic carbocycles. The number of esters is 1. The summed E-state index contributed by atoms with van der Waals surface area (Å²) < 4.78 is 5.31. The van der Waals surface area contributed by atoms with Gasteiger partial charge in [-0.15, -0.1) is 0 Å². The molecule has 32 heavy (non-hydrogen) atoms. The molecule has 0 aromatic heterocycles. The Labute approximate surface area is 198 Å². The largest absolute Gasteiger partial charge is 0.456 e. The molecule has 4 atom stereocenters. The lowest BCUT2D eigenvalue weighted by atomic mass is 10.0.